The molecule has 0 atom stereocenters. The van der Waals surface area contributed by atoms with E-state index >= 15 is 0 Å². The van der Waals surface area contributed by atoms with Gasteiger partial charge in [0.1, 0.15) is 0 Å². The number of carbonyl (C=O) groups is 5. The first-order valence-electron chi connectivity index (χ1n) is 11.4. The lowest BCUT2D eigenvalue weighted by Gasteiger charge is -2.33. The number of carboxylic acids is 1. The molecule has 0 bridgehead atoms. The van der Waals surface area contributed by atoms with Crippen LogP contribution in [0.5, 0.6) is 0 Å². The molecule has 34 heavy (non-hydrogen) atoms. The Morgan fingerprint density at radius 2 is 1.12 bits per heavy atom. The predicted molar refractivity (Wildman–Crippen MR) is 124 cm³/mol. The number of amides is 4. The van der Waals surface area contributed by atoms with Gasteiger partial charge in [-0.15, -0.1) is 0 Å². The highest BCUT2D eigenvalue weighted by Crippen LogP contribution is 2.37. The van der Waals surface area contributed by atoms with Crippen LogP contribution in [0.2, 0.25) is 0 Å². The van der Waals surface area contributed by atoms with Crippen LogP contribution in [0, 0.1) is 0 Å². The number of rotatable bonds is 9. The van der Waals surface area contributed by atoms with Gasteiger partial charge in [0, 0.05) is 46.0 Å². The van der Waals surface area contributed by atoms with Crippen molar-refractivity contribution < 1.29 is 33.6 Å². The minimum Gasteiger partial charge on any atom is -0.481 e. The molecule has 0 aliphatic carbocycles. The van der Waals surface area contributed by atoms with Crippen molar-refractivity contribution in [1.29, 1.82) is 0 Å². The minimum atomic E-state index is -0.876. The molecule has 0 spiro atoms. The number of benzene rings is 2. The largest absolute Gasteiger partial charge is 0.481 e. The zero-order valence-corrected chi connectivity index (χ0v) is 19.6. The van der Waals surface area contributed by atoms with Gasteiger partial charge >= 0.3 is 5.97 Å². The Kier molecular flexibility index (Phi) is 5.99. The second kappa shape index (κ2) is 8.64. The van der Waals surface area contributed by atoms with Crippen LogP contribution < -0.4 is 0 Å². The summed E-state index contributed by atoms with van der Waals surface area (Å²) in [5, 5.41) is 9.49. The molecule has 2 heterocycles. The molecule has 0 radical (unpaired) electrons. The SMILES string of the molecule is C[N+](C)(C)CCN1C(=O)c2ccc3c4c(ccc(c24)C1=O)C(=O)N(CCCCCC(=O)O)C3=O. The maximum Gasteiger partial charge on any atom is 0.303 e. The molecule has 0 aromatic heterocycles. The first kappa shape index (κ1) is 23.6. The van der Waals surface area contributed by atoms with Gasteiger partial charge in [0.25, 0.3) is 23.6 Å². The fraction of sp³-hybridized carbons (Fsp3) is 0.400. The molecule has 0 fully saturated rings. The summed E-state index contributed by atoms with van der Waals surface area (Å²) < 4.78 is 0.590. The quantitative estimate of drug-likeness (QED) is 0.345. The van der Waals surface area contributed by atoms with Gasteiger partial charge in [-0.05, 0) is 37.1 Å². The molecule has 4 amide bonds. The van der Waals surface area contributed by atoms with E-state index in [2.05, 4.69) is 0 Å². The van der Waals surface area contributed by atoms with E-state index in [1.54, 1.807) is 24.3 Å². The molecule has 9 nitrogen and oxygen atoms in total. The molecule has 1 N–H and O–H groups in total. The van der Waals surface area contributed by atoms with Crippen molar-refractivity contribution >= 4 is 40.4 Å². The molecule has 0 saturated heterocycles. The monoisotopic (exact) mass is 466 g/mol. The highest BCUT2D eigenvalue weighted by molar-refractivity contribution is 6.33. The van der Waals surface area contributed by atoms with Gasteiger partial charge in [-0.25, -0.2) is 0 Å². The van der Waals surface area contributed by atoms with Crippen LogP contribution in [0.15, 0.2) is 24.3 Å². The molecule has 4 rings (SSSR count). The molecule has 178 valence electrons. The Labute approximate surface area is 197 Å². The van der Waals surface area contributed by atoms with Gasteiger partial charge in [-0.2, -0.15) is 0 Å². The van der Waals surface area contributed by atoms with E-state index in [0.29, 0.717) is 63.3 Å². The van der Waals surface area contributed by atoms with Gasteiger partial charge in [0.15, 0.2) is 0 Å². The number of likely N-dealkylation sites (N-methyl/N-ethyl adjacent to an activating group) is 1. The van der Waals surface area contributed by atoms with E-state index in [-0.39, 0.29) is 19.5 Å². The lowest BCUT2D eigenvalue weighted by Crippen LogP contribution is -2.48. The Hall–Kier alpha value is -3.59. The van der Waals surface area contributed by atoms with Crippen LogP contribution in [0.1, 0.15) is 67.1 Å². The number of quaternary nitrogens is 1. The zero-order valence-electron chi connectivity index (χ0n) is 19.6. The fourth-order valence-corrected chi connectivity index (χ4v) is 4.50. The number of aliphatic carboxylic acids is 1. The van der Waals surface area contributed by atoms with E-state index in [0.717, 1.165) is 0 Å². The molecule has 2 aromatic carbocycles. The van der Waals surface area contributed by atoms with Crippen molar-refractivity contribution in [2.24, 2.45) is 0 Å². The van der Waals surface area contributed by atoms with Crippen molar-refractivity contribution in [3.05, 3.63) is 46.5 Å². The first-order valence-corrected chi connectivity index (χ1v) is 11.4. The molecule has 2 aliphatic rings. The Bertz CT molecular complexity index is 1170. The van der Waals surface area contributed by atoms with Crippen LogP contribution in [0.25, 0.3) is 10.8 Å². The zero-order chi connectivity index (χ0) is 24.8. The van der Waals surface area contributed by atoms with Gasteiger partial charge < -0.3 is 9.59 Å². The van der Waals surface area contributed by atoms with E-state index in [1.165, 1.54) is 9.80 Å². The Morgan fingerprint density at radius 3 is 1.50 bits per heavy atom. The van der Waals surface area contributed by atoms with E-state index in [1.807, 2.05) is 21.1 Å². The number of unbranched alkanes of at least 4 members (excludes halogenated alkanes) is 2. The van der Waals surface area contributed by atoms with Crippen molar-refractivity contribution in [3.63, 3.8) is 0 Å². The van der Waals surface area contributed by atoms with Crippen LogP contribution in [0.3, 0.4) is 0 Å². The maximum absolute atomic E-state index is 13.2. The molecule has 0 unspecified atom stereocenters. The topological polar surface area (TPSA) is 112 Å². The summed E-state index contributed by atoms with van der Waals surface area (Å²) in [6.07, 6.45) is 1.59. The third-order valence-electron chi connectivity index (χ3n) is 6.33. The van der Waals surface area contributed by atoms with Crippen molar-refractivity contribution in [2.45, 2.75) is 25.7 Å². The lowest BCUT2D eigenvalue weighted by molar-refractivity contribution is -0.869. The van der Waals surface area contributed by atoms with E-state index in [9.17, 15) is 24.0 Å². The number of hydrogen-bond acceptors (Lipinski definition) is 5. The summed E-state index contributed by atoms with van der Waals surface area (Å²) in [6, 6.07) is 6.25. The van der Waals surface area contributed by atoms with E-state index < -0.39 is 29.6 Å². The van der Waals surface area contributed by atoms with Crippen LogP contribution in [-0.4, -0.2) is 89.8 Å². The standard InChI is InChI=1S/C25H27N3O6/c1-28(2,3)14-13-27-24(33)17-10-8-15-20-16(9-11-18(21(17)20)25(27)34)23(32)26(22(15)31)12-6-4-5-7-19(29)30/h8-11H,4-7,12-14H2,1-3H3/p+1. The highest BCUT2D eigenvalue weighted by atomic mass is 16.4. The van der Waals surface area contributed by atoms with Crippen LogP contribution in [0.4, 0.5) is 0 Å². The number of nitrogens with zero attached hydrogens (tertiary/aromatic N) is 3. The van der Waals surface area contributed by atoms with Gasteiger partial charge in [0.05, 0.1) is 34.2 Å². The molecule has 2 aliphatic heterocycles. The summed E-state index contributed by atoms with van der Waals surface area (Å²) in [5.74, 6) is -2.65. The first-order chi connectivity index (χ1) is 16.0. The predicted octanol–water partition coefficient (Wildman–Crippen LogP) is 2.38. The molecular formula is C25H28N3O6+. The Balaban J connectivity index is 1.67. The summed E-state index contributed by atoms with van der Waals surface area (Å²) in [7, 11) is 5.94. The van der Waals surface area contributed by atoms with Crippen molar-refractivity contribution in [1.82, 2.24) is 9.80 Å². The number of carboxylic acid groups (broad SMARTS) is 1. The third-order valence-corrected chi connectivity index (χ3v) is 6.33. The Morgan fingerprint density at radius 1 is 0.706 bits per heavy atom. The normalized spacial score (nSPS) is 15.5. The van der Waals surface area contributed by atoms with Gasteiger partial charge in [0.2, 0.25) is 0 Å². The summed E-state index contributed by atoms with van der Waals surface area (Å²) >= 11 is 0. The van der Waals surface area contributed by atoms with E-state index in [4.69, 9.17) is 5.11 Å². The van der Waals surface area contributed by atoms with Crippen molar-refractivity contribution in [2.75, 3.05) is 40.8 Å². The summed E-state index contributed by atoms with van der Waals surface area (Å²) in [5.41, 5.74) is 1.22. The molecule has 2 aromatic rings. The van der Waals surface area contributed by atoms with Crippen LogP contribution >= 0.6 is 0 Å². The smallest absolute Gasteiger partial charge is 0.303 e. The number of hydrogen-bond donors (Lipinski definition) is 1. The third kappa shape index (κ3) is 4.07. The number of carbonyl (C=O) groups excluding carboxylic acids is 4. The van der Waals surface area contributed by atoms with Crippen molar-refractivity contribution in [3.8, 4) is 0 Å². The lowest BCUT2D eigenvalue weighted by atomic mass is 9.86. The second-order valence-corrected chi connectivity index (χ2v) is 9.81. The van der Waals surface area contributed by atoms with Crippen LogP contribution in [-0.2, 0) is 4.79 Å². The van der Waals surface area contributed by atoms with Gasteiger partial charge in [-0.3, -0.25) is 33.8 Å². The molecule has 0 saturated carbocycles. The average Bonchev–Trinajstić information content (AvgIpc) is 2.76. The van der Waals surface area contributed by atoms with Gasteiger partial charge in [-0.1, -0.05) is 6.42 Å². The summed E-state index contributed by atoms with van der Waals surface area (Å²) in [6.45, 7) is 1.03. The minimum absolute atomic E-state index is 0.0451. The molecular weight excluding hydrogens is 438 g/mol. The molecule has 9 heteroatoms. The fourth-order valence-electron chi connectivity index (χ4n) is 4.50. The maximum atomic E-state index is 13.2. The second-order valence-electron chi connectivity index (χ2n) is 9.81. The number of imide groups is 2. The summed E-state index contributed by atoms with van der Waals surface area (Å²) in [4.78, 5) is 65.9. The highest BCUT2D eigenvalue weighted by Gasteiger charge is 2.39. The average molecular weight is 467 g/mol.